The summed E-state index contributed by atoms with van der Waals surface area (Å²) in [6.45, 7) is 2.10. The molecule has 0 aliphatic heterocycles. The minimum atomic E-state index is 0.282. The van der Waals surface area contributed by atoms with Gasteiger partial charge in [-0.05, 0) is 6.92 Å². The van der Waals surface area contributed by atoms with Crippen LogP contribution in [-0.4, -0.2) is 15.2 Å². The molecule has 1 atom stereocenters. The molecule has 0 spiro atoms. The van der Waals surface area contributed by atoms with Crippen molar-refractivity contribution in [3.05, 3.63) is 29.0 Å². The number of aromatic amines is 1. The lowest BCUT2D eigenvalue weighted by atomic mass is 10.3. The first-order valence-corrected chi connectivity index (χ1v) is 4.88. The predicted octanol–water partition coefficient (Wildman–Crippen LogP) is 2.04. The highest BCUT2D eigenvalue weighted by Crippen LogP contribution is 2.20. The molecule has 2 rings (SSSR count). The van der Waals surface area contributed by atoms with Gasteiger partial charge in [0.15, 0.2) is 0 Å². The van der Waals surface area contributed by atoms with Crippen molar-refractivity contribution in [3.63, 3.8) is 0 Å². The average molecular weight is 194 g/mol. The number of nitrogens with zero attached hydrogens (tertiary/aromatic N) is 2. The van der Waals surface area contributed by atoms with Crippen molar-refractivity contribution in [2.75, 3.05) is 5.32 Å². The van der Waals surface area contributed by atoms with Crippen LogP contribution in [0.2, 0.25) is 0 Å². The summed E-state index contributed by atoms with van der Waals surface area (Å²) >= 11 is 1.65. The van der Waals surface area contributed by atoms with Gasteiger partial charge < -0.3 is 5.32 Å². The molecule has 2 aromatic heterocycles. The number of H-pyrrole nitrogens is 1. The Morgan fingerprint density at radius 3 is 3.08 bits per heavy atom. The average Bonchev–Trinajstić information content (AvgIpc) is 2.74. The zero-order valence-electron chi connectivity index (χ0n) is 7.19. The molecule has 0 aromatic carbocycles. The second kappa shape index (κ2) is 3.57. The van der Waals surface area contributed by atoms with E-state index in [0.717, 1.165) is 5.69 Å². The molecule has 13 heavy (non-hydrogen) atoms. The van der Waals surface area contributed by atoms with Crippen LogP contribution >= 0.6 is 11.3 Å². The lowest BCUT2D eigenvalue weighted by Crippen LogP contribution is -2.03. The smallest absolute Gasteiger partial charge is 0.0795 e. The van der Waals surface area contributed by atoms with Gasteiger partial charge in [0.2, 0.25) is 0 Å². The predicted molar refractivity (Wildman–Crippen MR) is 52.7 cm³/mol. The molecule has 0 bridgehead atoms. The summed E-state index contributed by atoms with van der Waals surface area (Å²) in [4.78, 5) is 5.25. The highest BCUT2D eigenvalue weighted by atomic mass is 32.1. The largest absolute Gasteiger partial charge is 0.375 e. The van der Waals surface area contributed by atoms with Crippen molar-refractivity contribution in [2.24, 2.45) is 0 Å². The van der Waals surface area contributed by atoms with E-state index in [1.807, 2.05) is 17.9 Å². The van der Waals surface area contributed by atoms with Gasteiger partial charge in [-0.25, -0.2) is 0 Å². The normalized spacial score (nSPS) is 12.7. The first-order chi connectivity index (χ1) is 6.36. The van der Waals surface area contributed by atoms with Crippen LogP contribution in [0.25, 0.3) is 0 Å². The van der Waals surface area contributed by atoms with E-state index < -0.39 is 0 Å². The van der Waals surface area contributed by atoms with Crippen LogP contribution in [0.3, 0.4) is 0 Å². The number of rotatable bonds is 3. The first-order valence-electron chi connectivity index (χ1n) is 4.00. The van der Waals surface area contributed by atoms with Crippen molar-refractivity contribution in [1.82, 2.24) is 15.2 Å². The van der Waals surface area contributed by atoms with Gasteiger partial charge in [0.05, 0.1) is 23.4 Å². The maximum atomic E-state index is 4.03. The van der Waals surface area contributed by atoms with Gasteiger partial charge in [0.25, 0.3) is 0 Å². The Labute approximate surface area is 80.0 Å². The molecule has 4 nitrogen and oxygen atoms in total. The Kier molecular flexibility index (Phi) is 2.27. The van der Waals surface area contributed by atoms with Crippen LogP contribution in [0.15, 0.2) is 24.1 Å². The topological polar surface area (TPSA) is 53.6 Å². The highest BCUT2D eigenvalue weighted by molar-refractivity contribution is 7.09. The number of hydrogen-bond acceptors (Lipinski definition) is 4. The zero-order valence-corrected chi connectivity index (χ0v) is 8.01. The van der Waals surface area contributed by atoms with Crippen LogP contribution in [0.5, 0.6) is 0 Å². The molecule has 68 valence electrons. The van der Waals surface area contributed by atoms with Crippen molar-refractivity contribution in [2.45, 2.75) is 13.0 Å². The van der Waals surface area contributed by atoms with E-state index in [9.17, 15) is 0 Å². The molecule has 5 heteroatoms. The molecule has 2 aromatic rings. The van der Waals surface area contributed by atoms with Gasteiger partial charge in [-0.1, -0.05) is 0 Å². The molecular weight excluding hydrogens is 184 g/mol. The van der Waals surface area contributed by atoms with E-state index in [4.69, 9.17) is 0 Å². The van der Waals surface area contributed by atoms with Crippen LogP contribution < -0.4 is 5.32 Å². The molecule has 0 saturated heterocycles. The van der Waals surface area contributed by atoms with Crippen molar-refractivity contribution in [1.29, 1.82) is 0 Å². The minimum absolute atomic E-state index is 0.282. The summed E-state index contributed by atoms with van der Waals surface area (Å²) in [5.41, 5.74) is 2.84. The Morgan fingerprint density at radius 1 is 1.54 bits per heavy atom. The number of thiazole rings is 1. The summed E-state index contributed by atoms with van der Waals surface area (Å²) in [5.74, 6) is 0. The van der Waals surface area contributed by atoms with E-state index in [-0.39, 0.29) is 6.04 Å². The number of hydrogen-bond donors (Lipinski definition) is 2. The van der Waals surface area contributed by atoms with Crippen molar-refractivity contribution >= 4 is 17.0 Å². The molecule has 0 amide bonds. The van der Waals surface area contributed by atoms with Gasteiger partial charge in [0, 0.05) is 17.3 Å². The summed E-state index contributed by atoms with van der Waals surface area (Å²) < 4.78 is 0. The SMILES string of the molecule is CC(Nc1cn[nH]c1)c1cncs1. The Hall–Kier alpha value is -1.36. The molecule has 2 N–H and O–H groups in total. The van der Waals surface area contributed by atoms with Gasteiger partial charge in [-0.2, -0.15) is 5.10 Å². The van der Waals surface area contributed by atoms with E-state index in [1.165, 1.54) is 4.88 Å². The lowest BCUT2D eigenvalue weighted by Gasteiger charge is -2.10. The monoisotopic (exact) mass is 194 g/mol. The zero-order chi connectivity index (χ0) is 9.10. The van der Waals surface area contributed by atoms with E-state index in [2.05, 4.69) is 27.4 Å². The number of nitrogens with one attached hydrogen (secondary N) is 2. The van der Waals surface area contributed by atoms with Gasteiger partial charge in [-0.3, -0.25) is 10.1 Å². The lowest BCUT2D eigenvalue weighted by molar-refractivity contribution is 0.904. The second-order valence-corrected chi connectivity index (χ2v) is 3.67. The molecule has 0 aliphatic carbocycles. The third-order valence-electron chi connectivity index (χ3n) is 1.76. The fourth-order valence-electron chi connectivity index (χ4n) is 1.09. The maximum Gasteiger partial charge on any atom is 0.0795 e. The van der Waals surface area contributed by atoms with Crippen LogP contribution in [0.1, 0.15) is 17.8 Å². The minimum Gasteiger partial charge on any atom is -0.375 e. The highest BCUT2D eigenvalue weighted by Gasteiger charge is 2.06. The molecule has 0 aliphatic rings. The molecule has 0 fully saturated rings. The van der Waals surface area contributed by atoms with Crippen LogP contribution in [0, 0.1) is 0 Å². The molecule has 1 unspecified atom stereocenters. The quantitative estimate of drug-likeness (QED) is 0.786. The maximum absolute atomic E-state index is 4.03. The molecule has 2 heterocycles. The summed E-state index contributed by atoms with van der Waals surface area (Å²) in [7, 11) is 0. The third kappa shape index (κ3) is 1.86. The fraction of sp³-hybridized carbons (Fsp3) is 0.250. The Bertz CT molecular complexity index is 340. The standard InChI is InChI=1S/C8H10N4S/c1-6(8-4-9-5-13-8)12-7-2-10-11-3-7/h2-6,12H,1H3,(H,10,11). The summed E-state index contributed by atoms with van der Waals surface area (Å²) in [5, 5.41) is 9.91. The number of anilines is 1. The van der Waals surface area contributed by atoms with E-state index in [0.29, 0.717) is 0 Å². The van der Waals surface area contributed by atoms with Gasteiger partial charge >= 0.3 is 0 Å². The Morgan fingerprint density at radius 2 is 2.46 bits per heavy atom. The second-order valence-electron chi connectivity index (χ2n) is 2.76. The first kappa shape index (κ1) is 8.25. The van der Waals surface area contributed by atoms with E-state index in [1.54, 1.807) is 17.5 Å². The molecular formula is C8H10N4S. The van der Waals surface area contributed by atoms with E-state index >= 15 is 0 Å². The Balaban J connectivity index is 2.04. The van der Waals surface area contributed by atoms with Gasteiger partial charge in [0.1, 0.15) is 0 Å². The van der Waals surface area contributed by atoms with Crippen molar-refractivity contribution in [3.8, 4) is 0 Å². The molecule has 0 saturated carbocycles. The third-order valence-corrected chi connectivity index (χ3v) is 2.72. The summed E-state index contributed by atoms with van der Waals surface area (Å²) in [6.07, 6.45) is 5.47. The molecule has 0 radical (unpaired) electrons. The fourth-order valence-corrected chi connectivity index (χ4v) is 1.72. The van der Waals surface area contributed by atoms with Gasteiger partial charge in [-0.15, -0.1) is 11.3 Å². The van der Waals surface area contributed by atoms with Crippen LogP contribution in [0.4, 0.5) is 5.69 Å². The number of aromatic nitrogens is 3. The summed E-state index contributed by atoms with van der Waals surface area (Å²) in [6, 6.07) is 0.282. The van der Waals surface area contributed by atoms with Crippen molar-refractivity contribution < 1.29 is 0 Å². The van der Waals surface area contributed by atoms with Crippen LogP contribution in [-0.2, 0) is 0 Å².